The molecule has 0 aliphatic heterocycles. The lowest BCUT2D eigenvalue weighted by molar-refractivity contribution is -0.142. The smallest absolute Gasteiger partial charge is 0.308 e. The number of pyridine rings is 1. The number of ether oxygens (including phenoxy) is 1. The maximum atomic E-state index is 10.9. The highest BCUT2D eigenvalue weighted by molar-refractivity contribution is 9.10. The van der Waals surface area contributed by atoms with E-state index in [0.717, 1.165) is 0 Å². The summed E-state index contributed by atoms with van der Waals surface area (Å²) in [7, 11) is 1.28. The van der Waals surface area contributed by atoms with Crippen molar-refractivity contribution in [2.45, 2.75) is 12.5 Å². The molecule has 1 rings (SSSR count). The Hall–Kier alpha value is -0.940. The van der Waals surface area contributed by atoms with Gasteiger partial charge in [0.2, 0.25) is 0 Å². The third kappa shape index (κ3) is 2.78. The van der Waals surface area contributed by atoms with Crippen LogP contribution < -0.4 is 0 Å². The van der Waals surface area contributed by atoms with Crippen LogP contribution in [0.1, 0.15) is 18.2 Å². The second-order valence-corrected chi connectivity index (χ2v) is 3.52. The second kappa shape index (κ2) is 5.07. The Bertz CT molecular complexity index is 330. The molecule has 0 aliphatic carbocycles. The molecular weight excluding hydrogens is 250 g/mol. The fourth-order valence-corrected chi connectivity index (χ4v) is 1.50. The number of aromatic nitrogens is 1. The average molecular weight is 260 g/mol. The first-order valence-corrected chi connectivity index (χ1v) is 4.79. The Labute approximate surface area is 90.0 Å². The molecule has 0 saturated carbocycles. The van der Waals surface area contributed by atoms with Crippen LogP contribution in [0.3, 0.4) is 0 Å². The zero-order valence-corrected chi connectivity index (χ0v) is 9.19. The lowest BCUT2D eigenvalue weighted by atomic mass is 10.2. The van der Waals surface area contributed by atoms with E-state index >= 15 is 0 Å². The minimum absolute atomic E-state index is 0.0912. The largest absolute Gasteiger partial charge is 0.469 e. The maximum absolute atomic E-state index is 10.9. The van der Waals surface area contributed by atoms with Gasteiger partial charge in [0.1, 0.15) is 6.10 Å². The predicted molar refractivity (Wildman–Crippen MR) is 53.5 cm³/mol. The van der Waals surface area contributed by atoms with E-state index in [1.54, 1.807) is 18.3 Å². The summed E-state index contributed by atoms with van der Waals surface area (Å²) >= 11 is 3.23. The maximum Gasteiger partial charge on any atom is 0.308 e. The van der Waals surface area contributed by atoms with E-state index < -0.39 is 12.1 Å². The molecule has 14 heavy (non-hydrogen) atoms. The van der Waals surface area contributed by atoms with Crippen LogP contribution in [-0.2, 0) is 9.53 Å². The van der Waals surface area contributed by atoms with Gasteiger partial charge in [-0.15, -0.1) is 0 Å². The van der Waals surface area contributed by atoms with Gasteiger partial charge in [-0.2, -0.15) is 0 Å². The van der Waals surface area contributed by atoms with Crippen LogP contribution in [0.25, 0.3) is 0 Å². The molecule has 1 atom stereocenters. The van der Waals surface area contributed by atoms with Crippen LogP contribution in [0, 0.1) is 0 Å². The number of aliphatic hydroxyl groups excluding tert-OH is 1. The van der Waals surface area contributed by atoms with E-state index in [9.17, 15) is 9.90 Å². The van der Waals surface area contributed by atoms with Crippen molar-refractivity contribution in [3.8, 4) is 0 Å². The topological polar surface area (TPSA) is 59.4 Å². The van der Waals surface area contributed by atoms with Crippen molar-refractivity contribution in [2.75, 3.05) is 7.11 Å². The Balaban J connectivity index is 2.74. The molecule has 0 spiro atoms. The molecule has 1 N–H and O–H groups in total. The Morgan fingerprint density at radius 2 is 2.50 bits per heavy atom. The quantitative estimate of drug-likeness (QED) is 0.835. The molecule has 1 heterocycles. The van der Waals surface area contributed by atoms with Gasteiger partial charge in [0.25, 0.3) is 0 Å². The summed E-state index contributed by atoms with van der Waals surface area (Å²) in [5, 5.41) is 9.61. The van der Waals surface area contributed by atoms with Gasteiger partial charge in [0, 0.05) is 10.7 Å². The Morgan fingerprint density at radius 1 is 1.79 bits per heavy atom. The van der Waals surface area contributed by atoms with Gasteiger partial charge in [-0.25, -0.2) is 0 Å². The summed E-state index contributed by atoms with van der Waals surface area (Å²) in [5.41, 5.74) is 0.443. The van der Waals surface area contributed by atoms with Crippen molar-refractivity contribution in [3.05, 3.63) is 28.5 Å². The van der Waals surface area contributed by atoms with Crippen LogP contribution in [0.5, 0.6) is 0 Å². The van der Waals surface area contributed by atoms with E-state index in [0.29, 0.717) is 10.2 Å². The molecule has 1 aromatic rings. The highest BCUT2D eigenvalue weighted by atomic mass is 79.9. The van der Waals surface area contributed by atoms with Crippen molar-refractivity contribution in [1.29, 1.82) is 0 Å². The standard InChI is InChI=1S/C9H10BrNO3/c1-14-8(13)5-7(12)9-6(10)3-2-4-11-9/h2-4,7,12H,5H2,1H3. The first-order chi connectivity index (χ1) is 6.65. The molecule has 1 aromatic heterocycles. The normalized spacial score (nSPS) is 12.2. The zero-order chi connectivity index (χ0) is 10.6. The number of carbonyl (C=O) groups excluding carboxylic acids is 1. The molecule has 0 aromatic carbocycles. The highest BCUT2D eigenvalue weighted by Gasteiger charge is 2.16. The monoisotopic (exact) mass is 259 g/mol. The summed E-state index contributed by atoms with van der Waals surface area (Å²) < 4.78 is 5.12. The number of nitrogens with zero attached hydrogens (tertiary/aromatic N) is 1. The summed E-state index contributed by atoms with van der Waals surface area (Å²) in [5.74, 6) is -0.463. The SMILES string of the molecule is COC(=O)CC(O)c1ncccc1Br. The Morgan fingerprint density at radius 3 is 3.07 bits per heavy atom. The van der Waals surface area contributed by atoms with Crippen molar-refractivity contribution in [2.24, 2.45) is 0 Å². The molecule has 5 heteroatoms. The van der Waals surface area contributed by atoms with Gasteiger partial charge in [0.15, 0.2) is 0 Å². The van der Waals surface area contributed by atoms with Gasteiger partial charge >= 0.3 is 5.97 Å². The van der Waals surface area contributed by atoms with E-state index in [1.807, 2.05) is 0 Å². The van der Waals surface area contributed by atoms with Crippen LogP contribution >= 0.6 is 15.9 Å². The number of esters is 1. The van der Waals surface area contributed by atoms with Gasteiger partial charge in [-0.1, -0.05) is 0 Å². The number of rotatable bonds is 3. The first-order valence-electron chi connectivity index (χ1n) is 4.00. The molecule has 0 amide bonds. The van der Waals surface area contributed by atoms with Crippen LogP contribution in [0.4, 0.5) is 0 Å². The molecule has 0 saturated heterocycles. The summed E-state index contributed by atoms with van der Waals surface area (Å²) in [6.45, 7) is 0. The molecule has 0 radical (unpaired) electrons. The molecule has 0 bridgehead atoms. The number of hydrogen-bond acceptors (Lipinski definition) is 4. The molecule has 1 unspecified atom stereocenters. The third-order valence-corrected chi connectivity index (χ3v) is 2.36. The molecular formula is C9H10BrNO3. The van der Waals surface area contributed by atoms with Crippen LogP contribution in [0.2, 0.25) is 0 Å². The van der Waals surface area contributed by atoms with E-state index in [4.69, 9.17) is 0 Å². The predicted octanol–water partition coefficient (Wildman–Crippen LogP) is 1.44. The van der Waals surface area contributed by atoms with Crippen molar-refractivity contribution in [3.63, 3.8) is 0 Å². The molecule has 4 nitrogen and oxygen atoms in total. The molecule has 0 fully saturated rings. The summed E-state index contributed by atoms with van der Waals surface area (Å²) in [4.78, 5) is 14.8. The number of hydrogen-bond donors (Lipinski definition) is 1. The molecule has 0 aliphatic rings. The second-order valence-electron chi connectivity index (χ2n) is 2.67. The number of halogens is 1. The highest BCUT2D eigenvalue weighted by Crippen LogP contribution is 2.22. The zero-order valence-electron chi connectivity index (χ0n) is 7.61. The minimum Gasteiger partial charge on any atom is -0.469 e. The van der Waals surface area contributed by atoms with Crippen molar-refractivity contribution in [1.82, 2.24) is 4.98 Å². The third-order valence-electron chi connectivity index (χ3n) is 1.69. The Kier molecular flexibility index (Phi) is 4.03. The lowest BCUT2D eigenvalue weighted by Crippen LogP contribution is -2.09. The van der Waals surface area contributed by atoms with E-state index in [-0.39, 0.29) is 6.42 Å². The van der Waals surface area contributed by atoms with Gasteiger partial charge in [0.05, 0.1) is 19.2 Å². The van der Waals surface area contributed by atoms with Gasteiger partial charge < -0.3 is 9.84 Å². The average Bonchev–Trinajstić information content (AvgIpc) is 2.18. The van der Waals surface area contributed by atoms with E-state index in [2.05, 4.69) is 25.7 Å². The number of aliphatic hydroxyl groups is 1. The van der Waals surface area contributed by atoms with Crippen LogP contribution in [-0.4, -0.2) is 23.2 Å². The summed E-state index contributed by atoms with van der Waals surface area (Å²) in [6.07, 6.45) is 0.533. The van der Waals surface area contributed by atoms with Crippen molar-refractivity contribution < 1.29 is 14.6 Å². The summed E-state index contributed by atoms with van der Waals surface area (Å²) in [6, 6.07) is 3.49. The number of methoxy groups -OCH3 is 1. The van der Waals surface area contributed by atoms with E-state index in [1.165, 1.54) is 7.11 Å². The van der Waals surface area contributed by atoms with Crippen LogP contribution in [0.15, 0.2) is 22.8 Å². The lowest BCUT2D eigenvalue weighted by Gasteiger charge is -2.09. The fourth-order valence-electron chi connectivity index (χ4n) is 0.981. The fraction of sp³-hybridized carbons (Fsp3) is 0.333. The molecule has 76 valence electrons. The first kappa shape index (κ1) is 11.1. The number of carbonyl (C=O) groups is 1. The minimum atomic E-state index is -0.932. The van der Waals surface area contributed by atoms with Crippen molar-refractivity contribution >= 4 is 21.9 Å². The van der Waals surface area contributed by atoms with Gasteiger partial charge in [-0.3, -0.25) is 9.78 Å². The van der Waals surface area contributed by atoms with Gasteiger partial charge in [-0.05, 0) is 28.1 Å².